The second-order valence-corrected chi connectivity index (χ2v) is 12.7. The first-order chi connectivity index (χ1) is 23.0. The molecule has 10 nitrogen and oxygen atoms in total. The number of nitrogens with two attached hydrogens (primary N) is 1. The van der Waals surface area contributed by atoms with E-state index in [0.717, 1.165) is 37.6 Å². The smallest absolute Gasteiger partial charge is 0.376 e. The first-order valence-electron chi connectivity index (χ1n) is 15.7. The molecule has 0 radical (unpaired) electrons. The minimum atomic E-state index is -0.439. The molecule has 16 heteroatoms. The lowest BCUT2D eigenvalue weighted by Gasteiger charge is -2.34. The highest BCUT2D eigenvalue weighted by molar-refractivity contribution is 6.45. The highest BCUT2D eigenvalue weighted by Gasteiger charge is 2.25. The molecule has 6 rings (SSSR count). The van der Waals surface area contributed by atoms with E-state index in [1.807, 2.05) is 10.9 Å². The number of hydrogen-bond acceptors (Lipinski definition) is 10. The number of halogens is 5. The maximum atomic E-state index is 13.2. The van der Waals surface area contributed by atoms with Gasteiger partial charge < -0.3 is 31.5 Å². The van der Waals surface area contributed by atoms with Gasteiger partial charge in [-0.2, -0.15) is 0 Å². The Labute approximate surface area is 295 Å². The third-order valence-corrected chi connectivity index (χ3v) is 8.51. The number of nitrogens with one attached hydrogen (secondary N) is 3. The van der Waals surface area contributed by atoms with Gasteiger partial charge in [0, 0.05) is 42.1 Å². The van der Waals surface area contributed by atoms with Crippen molar-refractivity contribution in [3.8, 4) is 0 Å². The van der Waals surface area contributed by atoms with Gasteiger partial charge in [0.2, 0.25) is 0 Å². The van der Waals surface area contributed by atoms with Crippen LogP contribution in [0.1, 0.15) is 44.9 Å². The molecule has 1 aliphatic heterocycles. The van der Waals surface area contributed by atoms with Gasteiger partial charge in [-0.1, -0.05) is 54.1 Å². The summed E-state index contributed by atoms with van der Waals surface area (Å²) in [6, 6.07) is 12.9. The summed E-state index contributed by atoms with van der Waals surface area (Å²) in [6.45, 7) is 3.56. The molecule has 1 unspecified atom stereocenters. The molecule has 48 heavy (non-hydrogen) atoms. The summed E-state index contributed by atoms with van der Waals surface area (Å²) in [5, 5.41) is 20.0. The molecule has 1 saturated heterocycles. The Balaban J connectivity index is 0.000000177. The van der Waals surface area contributed by atoms with Crippen molar-refractivity contribution in [1.29, 1.82) is 0 Å². The summed E-state index contributed by atoms with van der Waals surface area (Å²) in [4.78, 5) is 18.4. The zero-order valence-electron chi connectivity index (χ0n) is 26.5. The lowest BCUT2D eigenvalue weighted by Crippen LogP contribution is -2.48. The summed E-state index contributed by atoms with van der Waals surface area (Å²) in [5.74, 6) is 1.32. The van der Waals surface area contributed by atoms with E-state index in [9.17, 15) is 13.8 Å². The average Bonchev–Trinajstić information content (AvgIpc) is 3.06. The zero-order chi connectivity index (χ0) is 34.5. The summed E-state index contributed by atoms with van der Waals surface area (Å²) >= 11 is 16.9. The lowest BCUT2D eigenvalue weighted by atomic mass is 9.82. The molecule has 3 heterocycles. The Bertz CT molecular complexity index is 1600. The number of piperidine rings is 1. The van der Waals surface area contributed by atoms with Crippen molar-refractivity contribution in [2.45, 2.75) is 63.9 Å². The van der Waals surface area contributed by atoms with Gasteiger partial charge in [0.05, 0.1) is 10.0 Å². The molecule has 256 valence electrons. The van der Waals surface area contributed by atoms with E-state index in [-0.39, 0.29) is 10.0 Å². The van der Waals surface area contributed by atoms with Gasteiger partial charge in [0.25, 0.3) is 0 Å². The number of nitrogen functional groups attached to an aromatic ring is 1. The number of anilines is 5. The summed E-state index contributed by atoms with van der Waals surface area (Å²) in [6.07, 6.45) is 11.3. The van der Waals surface area contributed by atoms with E-state index in [2.05, 4.69) is 35.9 Å². The Kier molecular flexibility index (Phi) is 14.7. The van der Waals surface area contributed by atoms with Crippen LogP contribution in [-0.2, 0) is 0 Å². The predicted octanol–water partition coefficient (Wildman–Crippen LogP) is 7.94. The van der Waals surface area contributed by atoms with Crippen LogP contribution < -0.4 is 21.7 Å². The first kappa shape index (κ1) is 37.3. The third-order valence-electron chi connectivity index (χ3n) is 7.73. The summed E-state index contributed by atoms with van der Waals surface area (Å²) in [7, 11) is -0.395. The fourth-order valence-corrected chi connectivity index (χ4v) is 5.80. The van der Waals surface area contributed by atoms with E-state index in [4.69, 9.17) is 40.5 Å². The average molecular weight is 721 g/mol. The molecule has 0 bridgehead atoms. The molecule has 0 spiro atoms. The minimum Gasteiger partial charge on any atom is -0.437 e. The van der Waals surface area contributed by atoms with Crippen LogP contribution >= 0.6 is 34.8 Å². The Morgan fingerprint density at radius 2 is 1.38 bits per heavy atom. The molecule has 2 aliphatic rings. The van der Waals surface area contributed by atoms with Gasteiger partial charge in [0.1, 0.15) is 46.9 Å². The first-order valence-corrected chi connectivity index (χ1v) is 16.9. The summed E-state index contributed by atoms with van der Waals surface area (Å²) < 4.78 is 25.5. The van der Waals surface area contributed by atoms with Gasteiger partial charge in [0.15, 0.2) is 0 Å². The summed E-state index contributed by atoms with van der Waals surface area (Å²) in [5.41, 5.74) is 6.44. The monoisotopic (exact) mass is 719 g/mol. The van der Waals surface area contributed by atoms with Crippen molar-refractivity contribution >= 4 is 70.7 Å². The van der Waals surface area contributed by atoms with Crippen LogP contribution in [0.15, 0.2) is 61.2 Å². The van der Waals surface area contributed by atoms with Crippen molar-refractivity contribution in [2.75, 3.05) is 34.8 Å². The zero-order valence-corrected chi connectivity index (χ0v) is 28.8. The second kappa shape index (κ2) is 18.9. The van der Waals surface area contributed by atoms with Crippen molar-refractivity contribution in [3.63, 3.8) is 0 Å². The van der Waals surface area contributed by atoms with Crippen molar-refractivity contribution in [2.24, 2.45) is 0 Å². The minimum absolute atomic E-state index is 0.0648. The van der Waals surface area contributed by atoms with Crippen LogP contribution in [0.5, 0.6) is 0 Å². The number of aromatic nitrogens is 4. The van der Waals surface area contributed by atoms with E-state index >= 15 is 0 Å². The molecule has 2 fully saturated rings. The molecular formula is C32H39BCl3F2N9O. The quantitative estimate of drug-likeness (QED) is 0.0727. The van der Waals surface area contributed by atoms with Crippen LogP contribution in [0.3, 0.4) is 0 Å². The molecule has 0 amide bonds. The molecule has 1 atom stereocenters. The SMILES string of the molecule is CB(O)N1CCCC(Nc2cc(Cl)ncn2)C1.Fc1ccc(Nc2cc(NC3CCCCC3)ncn2)cc1Cl.Nc1ccc(F)c(Cl)c1. The van der Waals surface area contributed by atoms with Crippen molar-refractivity contribution in [1.82, 2.24) is 24.7 Å². The fraction of sp³-hybridized carbons (Fsp3) is 0.375. The van der Waals surface area contributed by atoms with Crippen LogP contribution in [0.25, 0.3) is 0 Å². The van der Waals surface area contributed by atoms with E-state index in [0.29, 0.717) is 34.4 Å². The Hall–Kier alpha value is -3.49. The Morgan fingerprint density at radius 3 is 2.02 bits per heavy atom. The van der Waals surface area contributed by atoms with Gasteiger partial charge in [-0.05, 0) is 75.4 Å². The number of hydrogen-bond donors (Lipinski definition) is 5. The fourth-order valence-electron chi connectivity index (χ4n) is 5.28. The molecule has 1 aliphatic carbocycles. The van der Waals surface area contributed by atoms with Gasteiger partial charge in [-0.25, -0.2) is 28.7 Å². The van der Waals surface area contributed by atoms with E-state index in [1.54, 1.807) is 19.0 Å². The molecule has 1 saturated carbocycles. The van der Waals surface area contributed by atoms with Crippen LogP contribution in [0.4, 0.5) is 37.6 Å². The standard InChI is InChI=1S/C16H18ClFN4.C10H16BClN4O.C6H5ClFN/c17-13-8-12(6-7-14(13)18)22-16-9-15(19-10-20-16)21-11-4-2-1-3-5-11;1-11(17)16-4-2-3-8(6-16)15-10-5-9(12)13-7-14-10;7-5-3-4(9)1-2-6(5)8/h6-11H,1-5H2,(H2,19,20,21,22);5,7-8,17H,2-4,6H2,1H3,(H,13,14,15);1-3H,9H2. The largest absolute Gasteiger partial charge is 0.437 e. The topological polar surface area (TPSA) is 137 Å². The van der Waals surface area contributed by atoms with Gasteiger partial charge >= 0.3 is 7.05 Å². The normalized spacial score (nSPS) is 16.4. The van der Waals surface area contributed by atoms with Crippen molar-refractivity contribution in [3.05, 3.63) is 88.0 Å². The van der Waals surface area contributed by atoms with Gasteiger partial charge in [-0.3, -0.25) is 0 Å². The number of rotatable bonds is 7. The van der Waals surface area contributed by atoms with Crippen molar-refractivity contribution < 1.29 is 13.8 Å². The number of benzene rings is 2. The third kappa shape index (κ3) is 12.5. The van der Waals surface area contributed by atoms with Crippen LogP contribution in [0.2, 0.25) is 22.0 Å². The van der Waals surface area contributed by atoms with Crippen LogP contribution in [0, 0.1) is 11.6 Å². The van der Waals surface area contributed by atoms with Crippen LogP contribution in [-0.4, -0.2) is 62.0 Å². The van der Waals surface area contributed by atoms with E-state index in [1.165, 1.54) is 75.1 Å². The molecular weight excluding hydrogens is 682 g/mol. The second-order valence-electron chi connectivity index (χ2n) is 11.5. The Morgan fingerprint density at radius 1 is 0.771 bits per heavy atom. The highest BCUT2D eigenvalue weighted by Crippen LogP contribution is 2.25. The lowest BCUT2D eigenvalue weighted by molar-refractivity contribution is 0.295. The number of nitrogens with zero attached hydrogens (tertiary/aromatic N) is 5. The molecule has 2 aromatic carbocycles. The predicted molar refractivity (Wildman–Crippen MR) is 192 cm³/mol. The van der Waals surface area contributed by atoms with Gasteiger partial charge in [-0.15, -0.1) is 0 Å². The van der Waals surface area contributed by atoms with E-state index < -0.39 is 18.7 Å². The highest BCUT2D eigenvalue weighted by atomic mass is 35.5. The maximum absolute atomic E-state index is 13.2. The molecule has 2 aromatic heterocycles. The maximum Gasteiger partial charge on any atom is 0.376 e. The molecule has 6 N–H and O–H groups in total. The molecule has 4 aromatic rings.